The van der Waals surface area contributed by atoms with Crippen molar-refractivity contribution < 1.29 is 4.63 Å². The highest BCUT2D eigenvalue weighted by molar-refractivity contribution is 6.20. The fraction of sp³-hybridized carbons (Fsp3) is 0. The molecule has 1 aromatic carbocycles. The molecular formula is C10H6N4O. The van der Waals surface area contributed by atoms with Gasteiger partial charge < -0.3 is 9.97 Å². The first-order valence-corrected chi connectivity index (χ1v) is 4.63. The summed E-state index contributed by atoms with van der Waals surface area (Å²) in [6.45, 7) is 0. The van der Waals surface area contributed by atoms with Crippen LogP contribution in [0.2, 0.25) is 0 Å². The van der Waals surface area contributed by atoms with E-state index in [1.54, 1.807) is 0 Å². The minimum absolute atomic E-state index is 0.804. The van der Waals surface area contributed by atoms with Gasteiger partial charge in [0.2, 0.25) is 0 Å². The summed E-state index contributed by atoms with van der Waals surface area (Å²) in [5.41, 5.74) is 3.69. The Morgan fingerprint density at radius 3 is 1.93 bits per heavy atom. The average Bonchev–Trinajstić information content (AvgIpc) is 2.97. The van der Waals surface area contributed by atoms with E-state index >= 15 is 0 Å². The minimum Gasteiger partial charge on any atom is -0.359 e. The molecule has 0 aliphatic heterocycles. The SMILES string of the molecule is c1cc2c3nonc3c3cc[nH]c3c2[nH]1. The maximum atomic E-state index is 4.79. The third-order valence-corrected chi connectivity index (χ3v) is 2.74. The number of aromatic nitrogens is 4. The highest BCUT2D eigenvalue weighted by Crippen LogP contribution is 2.31. The highest BCUT2D eigenvalue weighted by Gasteiger charge is 2.13. The zero-order chi connectivity index (χ0) is 9.83. The van der Waals surface area contributed by atoms with Gasteiger partial charge in [-0.25, -0.2) is 4.63 Å². The van der Waals surface area contributed by atoms with Crippen LogP contribution in [0.25, 0.3) is 32.8 Å². The Morgan fingerprint density at radius 1 is 0.867 bits per heavy atom. The summed E-state index contributed by atoms with van der Waals surface area (Å²) >= 11 is 0. The second-order valence-corrected chi connectivity index (χ2v) is 3.49. The van der Waals surface area contributed by atoms with Crippen molar-refractivity contribution in [2.75, 3.05) is 0 Å². The summed E-state index contributed by atoms with van der Waals surface area (Å²) in [5.74, 6) is 0. The fourth-order valence-corrected chi connectivity index (χ4v) is 2.09. The van der Waals surface area contributed by atoms with Crippen LogP contribution in [0.3, 0.4) is 0 Å². The maximum Gasteiger partial charge on any atom is 0.145 e. The standard InChI is InChI=1S/C10H6N4O/c1-3-11-7-5(1)9-10(14-15-13-9)6-2-4-12-8(6)7/h1-4,11-12H. The number of aromatic amines is 2. The summed E-state index contributed by atoms with van der Waals surface area (Å²) < 4.78 is 4.79. The van der Waals surface area contributed by atoms with Crippen LogP contribution in [0.1, 0.15) is 0 Å². The van der Waals surface area contributed by atoms with Gasteiger partial charge >= 0.3 is 0 Å². The van der Waals surface area contributed by atoms with Gasteiger partial charge in [-0.15, -0.1) is 0 Å². The molecule has 4 aromatic rings. The van der Waals surface area contributed by atoms with Crippen molar-refractivity contribution in [1.29, 1.82) is 0 Å². The van der Waals surface area contributed by atoms with Gasteiger partial charge in [-0.1, -0.05) is 0 Å². The number of fused-ring (bicyclic) bond motifs is 6. The number of nitrogens with one attached hydrogen (secondary N) is 2. The number of hydrogen-bond donors (Lipinski definition) is 2. The first-order chi connectivity index (χ1) is 7.45. The number of nitrogens with zero attached hydrogens (tertiary/aromatic N) is 2. The molecule has 0 atom stereocenters. The van der Waals surface area contributed by atoms with E-state index in [1.807, 2.05) is 24.5 Å². The Morgan fingerprint density at radius 2 is 1.40 bits per heavy atom. The lowest BCUT2D eigenvalue weighted by Crippen LogP contribution is -1.77. The van der Waals surface area contributed by atoms with Gasteiger partial charge in [-0.05, 0) is 22.4 Å². The van der Waals surface area contributed by atoms with Gasteiger partial charge in [-0.3, -0.25) is 0 Å². The average molecular weight is 198 g/mol. The Kier molecular flexibility index (Phi) is 1.03. The quantitative estimate of drug-likeness (QED) is 0.455. The van der Waals surface area contributed by atoms with Crippen LogP contribution in [-0.2, 0) is 0 Å². The molecule has 5 nitrogen and oxygen atoms in total. The smallest absolute Gasteiger partial charge is 0.145 e. The molecule has 0 unspecified atom stereocenters. The predicted octanol–water partition coefficient (Wildman–Crippen LogP) is 2.19. The Hall–Kier alpha value is -2.30. The van der Waals surface area contributed by atoms with E-state index in [4.69, 9.17) is 4.63 Å². The Labute approximate surface area is 83.0 Å². The molecule has 3 heterocycles. The topological polar surface area (TPSA) is 70.5 Å². The van der Waals surface area contributed by atoms with E-state index < -0.39 is 0 Å². The molecule has 0 fully saturated rings. The minimum atomic E-state index is 0.804. The number of rotatable bonds is 0. The molecule has 0 aliphatic carbocycles. The molecule has 2 N–H and O–H groups in total. The second kappa shape index (κ2) is 2.20. The monoisotopic (exact) mass is 198 g/mol. The van der Waals surface area contributed by atoms with Crippen LogP contribution in [0.4, 0.5) is 0 Å². The van der Waals surface area contributed by atoms with Crippen molar-refractivity contribution in [1.82, 2.24) is 20.3 Å². The first-order valence-electron chi connectivity index (χ1n) is 4.63. The number of benzene rings is 1. The normalized spacial score (nSPS) is 12.0. The molecular weight excluding hydrogens is 192 g/mol. The molecule has 3 aromatic heterocycles. The molecule has 0 aliphatic rings. The van der Waals surface area contributed by atoms with Crippen molar-refractivity contribution in [2.45, 2.75) is 0 Å². The summed E-state index contributed by atoms with van der Waals surface area (Å²) in [6, 6.07) is 3.95. The van der Waals surface area contributed by atoms with E-state index in [0.717, 1.165) is 32.8 Å². The lowest BCUT2D eigenvalue weighted by atomic mass is 10.1. The number of H-pyrrole nitrogens is 2. The second-order valence-electron chi connectivity index (χ2n) is 3.49. The van der Waals surface area contributed by atoms with Crippen LogP contribution in [0.5, 0.6) is 0 Å². The molecule has 0 saturated heterocycles. The summed E-state index contributed by atoms with van der Waals surface area (Å²) in [4.78, 5) is 6.38. The molecule has 72 valence electrons. The van der Waals surface area contributed by atoms with Crippen LogP contribution < -0.4 is 0 Å². The molecule has 0 bridgehead atoms. The maximum absolute atomic E-state index is 4.79. The lowest BCUT2D eigenvalue weighted by molar-refractivity contribution is 0.316. The van der Waals surface area contributed by atoms with Crippen molar-refractivity contribution in [2.24, 2.45) is 0 Å². The van der Waals surface area contributed by atoms with Crippen molar-refractivity contribution in [3.63, 3.8) is 0 Å². The Balaban J connectivity index is 2.56. The van der Waals surface area contributed by atoms with E-state index in [1.165, 1.54) is 0 Å². The van der Waals surface area contributed by atoms with Gasteiger partial charge in [0.15, 0.2) is 0 Å². The number of hydrogen-bond acceptors (Lipinski definition) is 3. The summed E-state index contributed by atoms with van der Waals surface area (Å²) in [6.07, 6.45) is 3.78. The summed E-state index contributed by atoms with van der Waals surface area (Å²) in [5, 5.41) is 9.92. The zero-order valence-corrected chi connectivity index (χ0v) is 7.61. The third-order valence-electron chi connectivity index (χ3n) is 2.74. The zero-order valence-electron chi connectivity index (χ0n) is 7.61. The van der Waals surface area contributed by atoms with Gasteiger partial charge in [-0.2, -0.15) is 0 Å². The molecule has 0 amide bonds. The van der Waals surface area contributed by atoms with E-state index in [9.17, 15) is 0 Å². The van der Waals surface area contributed by atoms with Gasteiger partial charge in [0.05, 0.1) is 11.0 Å². The molecule has 4 rings (SSSR count). The van der Waals surface area contributed by atoms with Crippen LogP contribution in [0.15, 0.2) is 29.2 Å². The van der Waals surface area contributed by atoms with Crippen molar-refractivity contribution in [3.8, 4) is 0 Å². The van der Waals surface area contributed by atoms with E-state index in [2.05, 4.69) is 20.3 Å². The molecule has 0 saturated carbocycles. The van der Waals surface area contributed by atoms with Gasteiger partial charge in [0.1, 0.15) is 11.0 Å². The van der Waals surface area contributed by atoms with Crippen molar-refractivity contribution in [3.05, 3.63) is 24.5 Å². The first kappa shape index (κ1) is 7.05. The van der Waals surface area contributed by atoms with Gasteiger partial charge in [0, 0.05) is 23.2 Å². The predicted molar refractivity (Wildman–Crippen MR) is 55.5 cm³/mol. The molecule has 15 heavy (non-hydrogen) atoms. The van der Waals surface area contributed by atoms with E-state index in [0.29, 0.717) is 0 Å². The molecule has 0 spiro atoms. The van der Waals surface area contributed by atoms with Crippen LogP contribution >= 0.6 is 0 Å². The van der Waals surface area contributed by atoms with Gasteiger partial charge in [0.25, 0.3) is 0 Å². The van der Waals surface area contributed by atoms with E-state index in [-0.39, 0.29) is 0 Å². The van der Waals surface area contributed by atoms with Crippen LogP contribution in [-0.4, -0.2) is 20.3 Å². The highest BCUT2D eigenvalue weighted by atomic mass is 16.6. The Bertz CT molecular complexity index is 581. The summed E-state index contributed by atoms with van der Waals surface area (Å²) in [7, 11) is 0. The van der Waals surface area contributed by atoms with Crippen molar-refractivity contribution >= 4 is 32.8 Å². The third kappa shape index (κ3) is 0.698. The van der Waals surface area contributed by atoms with Crippen LogP contribution in [0, 0.1) is 0 Å². The largest absolute Gasteiger partial charge is 0.359 e. The lowest BCUT2D eigenvalue weighted by Gasteiger charge is -1.93. The molecule has 5 heteroatoms. The molecule has 0 radical (unpaired) electrons. The fourth-order valence-electron chi connectivity index (χ4n) is 2.09.